The SMILES string of the molecule is CCN1CN(C(C)=O)CC(C)C1C(C)C. The van der Waals surface area contributed by atoms with Crippen molar-refractivity contribution in [2.75, 3.05) is 19.8 Å². The Labute approximate surface area is 93.4 Å². The first-order valence-corrected chi connectivity index (χ1v) is 5.96. The quantitative estimate of drug-likeness (QED) is 0.696. The Morgan fingerprint density at radius 1 is 1.47 bits per heavy atom. The van der Waals surface area contributed by atoms with Gasteiger partial charge in [0.2, 0.25) is 5.91 Å². The molecule has 0 aliphatic carbocycles. The van der Waals surface area contributed by atoms with E-state index in [9.17, 15) is 4.79 Å². The van der Waals surface area contributed by atoms with Crippen molar-refractivity contribution in [1.82, 2.24) is 9.80 Å². The first kappa shape index (κ1) is 12.5. The second-order valence-corrected chi connectivity index (χ2v) is 5.00. The third-order valence-electron chi connectivity index (χ3n) is 3.40. The monoisotopic (exact) mass is 212 g/mol. The van der Waals surface area contributed by atoms with E-state index >= 15 is 0 Å². The molecule has 0 bridgehead atoms. The lowest BCUT2D eigenvalue weighted by molar-refractivity contribution is -0.137. The van der Waals surface area contributed by atoms with Gasteiger partial charge in [0.05, 0.1) is 6.67 Å². The molecule has 0 aromatic carbocycles. The molecule has 2 unspecified atom stereocenters. The molecular formula is C12H24N2O. The highest BCUT2D eigenvalue weighted by atomic mass is 16.2. The van der Waals surface area contributed by atoms with E-state index < -0.39 is 0 Å². The van der Waals surface area contributed by atoms with Crippen LogP contribution in [0.1, 0.15) is 34.6 Å². The summed E-state index contributed by atoms with van der Waals surface area (Å²) in [6, 6.07) is 0.616. The molecule has 88 valence electrons. The molecule has 3 heteroatoms. The molecule has 1 amide bonds. The van der Waals surface area contributed by atoms with E-state index in [1.807, 2.05) is 4.90 Å². The van der Waals surface area contributed by atoms with Gasteiger partial charge in [-0.3, -0.25) is 9.69 Å². The fourth-order valence-corrected chi connectivity index (χ4v) is 2.80. The Bertz CT molecular complexity index is 228. The molecule has 1 aliphatic rings. The Hall–Kier alpha value is -0.570. The van der Waals surface area contributed by atoms with Crippen molar-refractivity contribution in [2.24, 2.45) is 11.8 Å². The normalized spacial score (nSPS) is 28.5. The summed E-state index contributed by atoms with van der Waals surface area (Å²) in [5.74, 6) is 1.43. The minimum Gasteiger partial charge on any atom is -0.330 e. The highest BCUT2D eigenvalue weighted by Gasteiger charge is 2.34. The van der Waals surface area contributed by atoms with Crippen LogP contribution in [0.3, 0.4) is 0 Å². The maximum atomic E-state index is 11.4. The van der Waals surface area contributed by atoms with E-state index in [1.165, 1.54) is 0 Å². The number of rotatable bonds is 2. The largest absolute Gasteiger partial charge is 0.330 e. The van der Waals surface area contributed by atoms with Gasteiger partial charge < -0.3 is 4.90 Å². The van der Waals surface area contributed by atoms with Crippen molar-refractivity contribution >= 4 is 5.91 Å². The van der Waals surface area contributed by atoms with Gasteiger partial charge in [0.15, 0.2) is 0 Å². The summed E-state index contributed by atoms with van der Waals surface area (Å²) in [5, 5.41) is 0. The van der Waals surface area contributed by atoms with Gasteiger partial charge in [0, 0.05) is 19.5 Å². The van der Waals surface area contributed by atoms with E-state index in [1.54, 1.807) is 6.92 Å². The lowest BCUT2D eigenvalue weighted by Gasteiger charge is -2.46. The van der Waals surface area contributed by atoms with Crippen LogP contribution in [0.4, 0.5) is 0 Å². The van der Waals surface area contributed by atoms with Gasteiger partial charge in [0.25, 0.3) is 0 Å². The summed E-state index contributed by atoms with van der Waals surface area (Å²) in [7, 11) is 0. The average Bonchev–Trinajstić information content (AvgIpc) is 2.15. The van der Waals surface area contributed by atoms with Crippen LogP contribution in [0.5, 0.6) is 0 Å². The number of hydrogen-bond donors (Lipinski definition) is 0. The van der Waals surface area contributed by atoms with Gasteiger partial charge in [0.1, 0.15) is 0 Å². The molecule has 0 spiro atoms. The van der Waals surface area contributed by atoms with Gasteiger partial charge in [-0.25, -0.2) is 0 Å². The van der Waals surface area contributed by atoms with E-state index in [-0.39, 0.29) is 5.91 Å². The molecule has 1 saturated heterocycles. The predicted octanol–water partition coefficient (Wildman–Crippen LogP) is 1.79. The molecule has 1 fully saturated rings. The number of nitrogens with zero attached hydrogens (tertiary/aromatic N) is 2. The smallest absolute Gasteiger partial charge is 0.220 e. The minimum absolute atomic E-state index is 0.197. The summed E-state index contributed by atoms with van der Waals surface area (Å²) < 4.78 is 0. The van der Waals surface area contributed by atoms with Crippen LogP contribution in [0.2, 0.25) is 0 Å². The zero-order valence-corrected chi connectivity index (χ0v) is 10.7. The summed E-state index contributed by atoms with van der Waals surface area (Å²) >= 11 is 0. The van der Waals surface area contributed by atoms with Crippen LogP contribution < -0.4 is 0 Å². The molecule has 0 N–H and O–H groups in total. The minimum atomic E-state index is 0.197. The van der Waals surface area contributed by atoms with Crippen molar-refractivity contribution in [3.63, 3.8) is 0 Å². The first-order valence-electron chi connectivity index (χ1n) is 5.96. The molecule has 0 aromatic rings. The molecule has 1 aliphatic heterocycles. The van der Waals surface area contributed by atoms with Crippen LogP contribution in [-0.2, 0) is 4.79 Å². The molecule has 0 radical (unpaired) electrons. The molecule has 1 heterocycles. The lowest BCUT2D eigenvalue weighted by atomic mass is 9.88. The lowest BCUT2D eigenvalue weighted by Crippen LogP contribution is -2.57. The zero-order chi connectivity index (χ0) is 11.6. The Morgan fingerprint density at radius 2 is 2.07 bits per heavy atom. The molecule has 0 aromatic heterocycles. The number of hydrogen-bond acceptors (Lipinski definition) is 2. The predicted molar refractivity (Wildman–Crippen MR) is 62.4 cm³/mol. The van der Waals surface area contributed by atoms with E-state index in [2.05, 4.69) is 32.6 Å². The standard InChI is InChI=1S/C12H24N2O/c1-6-13-8-14(11(5)15)7-10(4)12(13)9(2)3/h9-10,12H,6-8H2,1-5H3. The third kappa shape index (κ3) is 2.71. The average molecular weight is 212 g/mol. The molecule has 15 heavy (non-hydrogen) atoms. The van der Waals surface area contributed by atoms with Crippen LogP contribution in [0, 0.1) is 11.8 Å². The van der Waals surface area contributed by atoms with Gasteiger partial charge in [-0.15, -0.1) is 0 Å². The van der Waals surface area contributed by atoms with Crippen molar-refractivity contribution in [1.29, 1.82) is 0 Å². The first-order chi connectivity index (χ1) is 6.97. The summed E-state index contributed by atoms with van der Waals surface area (Å²) in [4.78, 5) is 15.7. The summed E-state index contributed by atoms with van der Waals surface area (Å²) in [6.07, 6.45) is 0. The van der Waals surface area contributed by atoms with Crippen LogP contribution >= 0.6 is 0 Å². The maximum Gasteiger partial charge on any atom is 0.220 e. The molecule has 0 saturated carbocycles. The zero-order valence-electron chi connectivity index (χ0n) is 10.7. The van der Waals surface area contributed by atoms with Gasteiger partial charge >= 0.3 is 0 Å². The topological polar surface area (TPSA) is 23.6 Å². The van der Waals surface area contributed by atoms with Crippen molar-refractivity contribution < 1.29 is 4.79 Å². The fourth-order valence-electron chi connectivity index (χ4n) is 2.80. The molecule has 3 nitrogen and oxygen atoms in total. The number of carbonyl (C=O) groups excluding carboxylic acids is 1. The van der Waals surface area contributed by atoms with Gasteiger partial charge in [-0.2, -0.15) is 0 Å². The van der Waals surface area contributed by atoms with E-state index in [4.69, 9.17) is 0 Å². The van der Waals surface area contributed by atoms with Gasteiger partial charge in [-0.05, 0) is 18.4 Å². The van der Waals surface area contributed by atoms with Crippen LogP contribution in [0.25, 0.3) is 0 Å². The van der Waals surface area contributed by atoms with E-state index in [0.29, 0.717) is 17.9 Å². The third-order valence-corrected chi connectivity index (χ3v) is 3.40. The summed E-state index contributed by atoms with van der Waals surface area (Å²) in [6.45, 7) is 13.4. The number of carbonyl (C=O) groups is 1. The second kappa shape index (κ2) is 4.97. The van der Waals surface area contributed by atoms with Crippen LogP contribution in [0.15, 0.2) is 0 Å². The van der Waals surface area contributed by atoms with Crippen molar-refractivity contribution in [3.8, 4) is 0 Å². The van der Waals surface area contributed by atoms with Crippen LogP contribution in [-0.4, -0.2) is 41.5 Å². The van der Waals surface area contributed by atoms with Crippen molar-refractivity contribution in [3.05, 3.63) is 0 Å². The molecule has 1 rings (SSSR count). The fraction of sp³-hybridized carbons (Fsp3) is 0.917. The highest BCUT2D eigenvalue weighted by Crippen LogP contribution is 2.25. The highest BCUT2D eigenvalue weighted by molar-refractivity contribution is 5.73. The maximum absolute atomic E-state index is 11.4. The Kier molecular flexibility index (Phi) is 4.14. The molecule has 2 atom stereocenters. The second-order valence-electron chi connectivity index (χ2n) is 5.00. The van der Waals surface area contributed by atoms with E-state index in [0.717, 1.165) is 19.8 Å². The number of amides is 1. The molecular weight excluding hydrogens is 188 g/mol. The summed E-state index contributed by atoms with van der Waals surface area (Å²) in [5.41, 5.74) is 0. The Balaban J connectivity index is 2.75. The van der Waals surface area contributed by atoms with Gasteiger partial charge in [-0.1, -0.05) is 27.7 Å². The Morgan fingerprint density at radius 3 is 2.47 bits per heavy atom. The van der Waals surface area contributed by atoms with Crippen molar-refractivity contribution in [2.45, 2.75) is 40.7 Å².